The number of carbonyl (C=O) groups is 1. The first-order valence-electron chi connectivity index (χ1n) is 6.14. The summed E-state index contributed by atoms with van der Waals surface area (Å²) in [6.45, 7) is -0.135. The number of methoxy groups -OCH3 is 1. The Morgan fingerprint density at radius 1 is 1.05 bits per heavy atom. The molecule has 0 saturated carbocycles. The SMILES string of the molecule is COc1ccc(C(=O)COc2ccc([N+](=O)[O-])cc2)cc1. The van der Waals surface area contributed by atoms with E-state index in [0.717, 1.165) is 0 Å². The zero-order chi connectivity index (χ0) is 15.2. The van der Waals surface area contributed by atoms with Gasteiger partial charge in [0, 0.05) is 17.7 Å². The van der Waals surface area contributed by atoms with Gasteiger partial charge >= 0.3 is 0 Å². The van der Waals surface area contributed by atoms with Gasteiger partial charge in [0.15, 0.2) is 12.4 Å². The van der Waals surface area contributed by atoms with Crippen molar-refractivity contribution in [1.82, 2.24) is 0 Å². The van der Waals surface area contributed by atoms with E-state index in [1.54, 1.807) is 31.4 Å². The number of ether oxygens (including phenoxy) is 2. The minimum absolute atomic E-state index is 0.0242. The number of nitrogens with zero attached hydrogens (tertiary/aromatic N) is 1. The van der Waals surface area contributed by atoms with Crippen molar-refractivity contribution in [3.8, 4) is 11.5 Å². The first kappa shape index (κ1) is 14.5. The number of carbonyl (C=O) groups excluding carboxylic acids is 1. The van der Waals surface area contributed by atoms with Gasteiger partial charge in [-0.3, -0.25) is 14.9 Å². The Morgan fingerprint density at radius 2 is 1.62 bits per heavy atom. The summed E-state index contributed by atoms with van der Waals surface area (Å²) >= 11 is 0. The molecular formula is C15H13NO5. The van der Waals surface area contributed by atoms with Gasteiger partial charge in [-0.15, -0.1) is 0 Å². The van der Waals surface area contributed by atoms with Gasteiger partial charge in [-0.2, -0.15) is 0 Å². The number of benzene rings is 2. The Hall–Kier alpha value is -2.89. The number of nitro benzene ring substituents is 1. The van der Waals surface area contributed by atoms with E-state index < -0.39 is 4.92 Å². The van der Waals surface area contributed by atoms with Gasteiger partial charge in [0.1, 0.15) is 11.5 Å². The number of non-ortho nitro benzene ring substituents is 1. The van der Waals surface area contributed by atoms with Crippen LogP contribution < -0.4 is 9.47 Å². The van der Waals surface area contributed by atoms with Crippen LogP contribution in [0.5, 0.6) is 11.5 Å². The Kier molecular flexibility index (Phi) is 4.50. The van der Waals surface area contributed by atoms with Gasteiger partial charge in [0.25, 0.3) is 5.69 Å². The molecule has 2 rings (SSSR count). The third-order valence-electron chi connectivity index (χ3n) is 2.83. The van der Waals surface area contributed by atoms with E-state index in [1.807, 2.05) is 0 Å². The normalized spacial score (nSPS) is 9.95. The summed E-state index contributed by atoms with van der Waals surface area (Å²) in [5, 5.41) is 10.5. The molecule has 21 heavy (non-hydrogen) atoms. The van der Waals surface area contributed by atoms with Crippen LogP contribution in [0.25, 0.3) is 0 Å². The molecule has 0 aliphatic heterocycles. The number of ketones is 1. The molecule has 0 bridgehead atoms. The topological polar surface area (TPSA) is 78.7 Å². The summed E-state index contributed by atoms with van der Waals surface area (Å²) in [5.74, 6) is 0.890. The molecule has 0 saturated heterocycles. The summed E-state index contributed by atoms with van der Waals surface area (Å²) in [6.07, 6.45) is 0. The molecule has 2 aromatic rings. The number of Topliss-reactive ketones (excluding diaryl/α,β-unsaturated/α-hetero) is 1. The highest BCUT2D eigenvalue weighted by atomic mass is 16.6. The highest BCUT2D eigenvalue weighted by Gasteiger charge is 2.08. The molecule has 0 radical (unpaired) electrons. The molecule has 0 aliphatic carbocycles. The molecule has 0 atom stereocenters. The lowest BCUT2D eigenvalue weighted by Gasteiger charge is -2.06. The molecule has 108 valence electrons. The average molecular weight is 287 g/mol. The van der Waals surface area contributed by atoms with E-state index in [4.69, 9.17) is 9.47 Å². The fraction of sp³-hybridized carbons (Fsp3) is 0.133. The molecular weight excluding hydrogens is 274 g/mol. The lowest BCUT2D eigenvalue weighted by Crippen LogP contribution is -2.11. The second-order valence-electron chi connectivity index (χ2n) is 4.19. The van der Waals surface area contributed by atoms with Crippen molar-refractivity contribution in [2.75, 3.05) is 13.7 Å². The molecule has 0 fully saturated rings. The second kappa shape index (κ2) is 6.51. The maximum atomic E-state index is 11.9. The van der Waals surface area contributed by atoms with Gasteiger partial charge in [-0.1, -0.05) is 0 Å². The van der Waals surface area contributed by atoms with Crippen molar-refractivity contribution < 1.29 is 19.2 Å². The third kappa shape index (κ3) is 3.79. The zero-order valence-electron chi connectivity index (χ0n) is 11.3. The quantitative estimate of drug-likeness (QED) is 0.463. The highest BCUT2D eigenvalue weighted by molar-refractivity contribution is 5.97. The Balaban J connectivity index is 1.95. The van der Waals surface area contributed by atoms with Crippen LogP contribution in [0.4, 0.5) is 5.69 Å². The van der Waals surface area contributed by atoms with Crippen LogP contribution in [-0.2, 0) is 0 Å². The van der Waals surface area contributed by atoms with Crippen molar-refractivity contribution in [3.05, 3.63) is 64.2 Å². The van der Waals surface area contributed by atoms with Crippen molar-refractivity contribution >= 4 is 11.5 Å². The molecule has 2 aromatic carbocycles. The number of nitro groups is 1. The van der Waals surface area contributed by atoms with E-state index in [1.165, 1.54) is 24.3 Å². The fourth-order valence-corrected chi connectivity index (χ4v) is 1.67. The predicted molar refractivity (Wildman–Crippen MR) is 75.9 cm³/mol. The van der Waals surface area contributed by atoms with Crippen molar-refractivity contribution in [2.24, 2.45) is 0 Å². The van der Waals surface area contributed by atoms with Crippen LogP contribution in [-0.4, -0.2) is 24.4 Å². The maximum Gasteiger partial charge on any atom is 0.269 e. The van der Waals surface area contributed by atoms with E-state index >= 15 is 0 Å². The average Bonchev–Trinajstić information content (AvgIpc) is 2.53. The molecule has 0 aliphatic rings. The van der Waals surface area contributed by atoms with Crippen LogP contribution in [0.3, 0.4) is 0 Å². The van der Waals surface area contributed by atoms with Crippen molar-refractivity contribution in [2.45, 2.75) is 0 Å². The lowest BCUT2D eigenvalue weighted by molar-refractivity contribution is -0.384. The van der Waals surface area contributed by atoms with Crippen molar-refractivity contribution in [1.29, 1.82) is 0 Å². The minimum Gasteiger partial charge on any atom is -0.497 e. The van der Waals surface area contributed by atoms with Crippen LogP contribution in [0.1, 0.15) is 10.4 Å². The first-order chi connectivity index (χ1) is 10.1. The molecule has 0 heterocycles. The zero-order valence-corrected chi connectivity index (χ0v) is 11.3. The summed E-state index contributed by atoms with van der Waals surface area (Å²) in [4.78, 5) is 21.9. The van der Waals surface area contributed by atoms with Crippen LogP contribution in [0.2, 0.25) is 0 Å². The smallest absolute Gasteiger partial charge is 0.269 e. The molecule has 0 spiro atoms. The Morgan fingerprint density at radius 3 is 2.14 bits per heavy atom. The maximum absolute atomic E-state index is 11.9. The molecule has 0 amide bonds. The predicted octanol–water partition coefficient (Wildman–Crippen LogP) is 2.87. The van der Waals surface area contributed by atoms with Gasteiger partial charge in [0.2, 0.25) is 0 Å². The lowest BCUT2D eigenvalue weighted by atomic mass is 10.1. The summed E-state index contributed by atoms with van der Waals surface area (Å²) in [6, 6.07) is 12.3. The largest absolute Gasteiger partial charge is 0.497 e. The molecule has 0 N–H and O–H groups in total. The fourth-order valence-electron chi connectivity index (χ4n) is 1.67. The minimum atomic E-state index is -0.494. The van der Waals surface area contributed by atoms with Crippen LogP contribution >= 0.6 is 0 Å². The third-order valence-corrected chi connectivity index (χ3v) is 2.83. The van der Waals surface area contributed by atoms with Gasteiger partial charge in [-0.25, -0.2) is 0 Å². The van der Waals surface area contributed by atoms with Crippen molar-refractivity contribution in [3.63, 3.8) is 0 Å². The molecule has 6 nitrogen and oxygen atoms in total. The van der Waals surface area contributed by atoms with Gasteiger partial charge in [0.05, 0.1) is 12.0 Å². The highest BCUT2D eigenvalue weighted by Crippen LogP contribution is 2.18. The first-order valence-corrected chi connectivity index (χ1v) is 6.14. The van der Waals surface area contributed by atoms with Gasteiger partial charge in [-0.05, 0) is 36.4 Å². The summed E-state index contributed by atoms with van der Waals surface area (Å²) in [7, 11) is 1.55. The molecule has 0 unspecified atom stereocenters. The number of hydrogen-bond acceptors (Lipinski definition) is 5. The number of hydrogen-bond donors (Lipinski definition) is 0. The van der Waals surface area contributed by atoms with Crippen LogP contribution in [0, 0.1) is 10.1 Å². The second-order valence-corrected chi connectivity index (χ2v) is 4.19. The Labute approximate surface area is 121 Å². The summed E-state index contributed by atoms with van der Waals surface area (Å²) < 4.78 is 10.3. The standard InChI is InChI=1S/C15H13NO5/c1-20-13-6-2-11(3-7-13)15(17)10-21-14-8-4-12(5-9-14)16(18)19/h2-9H,10H2,1H3. The molecule has 0 aromatic heterocycles. The molecule has 6 heteroatoms. The monoisotopic (exact) mass is 287 g/mol. The summed E-state index contributed by atoms with van der Waals surface area (Å²) in [5.41, 5.74) is 0.488. The van der Waals surface area contributed by atoms with Crippen LogP contribution in [0.15, 0.2) is 48.5 Å². The van der Waals surface area contributed by atoms with Gasteiger partial charge < -0.3 is 9.47 Å². The van der Waals surface area contributed by atoms with E-state index in [2.05, 4.69) is 0 Å². The van der Waals surface area contributed by atoms with E-state index in [0.29, 0.717) is 17.1 Å². The van der Waals surface area contributed by atoms with E-state index in [-0.39, 0.29) is 18.1 Å². The Bertz CT molecular complexity index is 634. The van der Waals surface area contributed by atoms with E-state index in [9.17, 15) is 14.9 Å². The number of rotatable bonds is 6.